The fourth-order valence-electron chi connectivity index (χ4n) is 4.17. The van der Waals surface area contributed by atoms with E-state index in [0.717, 1.165) is 52.9 Å². The zero-order chi connectivity index (χ0) is 20.7. The van der Waals surface area contributed by atoms with Crippen molar-refractivity contribution in [3.8, 4) is 11.6 Å². The summed E-state index contributed by atoms with van der Waals surface area (Å²) in [5.41, 5.74) is 3.86. The third-order valence-electron chi connectivity index (χ3n) is 5.77. The van der Waals surface area contributed by atoms with Crippen molar-refractivity contribution in [2.75, 3.05) is 13.7 Å². The van der Waals surface area contributed by atoms with Crippen molar-refractivity contribution in [3.63, 3.8) is 0 Å². The predicted molar refractivity (Wildman–Crippen MR) is 117 cm³/mol. The van der Waals surface area contributed by atoms with E-state index in [-0.39, 0.29) is 11.9 Å². The Morgan fingerprint density at radius 2 is 1.90 bits per heavy atom. The highest BCUT2D eigenvalue weighted by Crippen LogP contribution is 2.41. The van der Waals surface area contributed by atoms with E-state index in [1.54, 1.807) is 11.6 Å². The molecule has 0 radical (unpaired) electrons. The maximum absolute atomic E-state index is 11.1. The average Bonchev–Trinajstić information content (AvgIpc) is 3.33. The van der Waals surface area contributed by atoms with E-state index in [2.05, 4.69) is 51.4 Å². The van der Waals surface area contributed by atoms with Crippen LogP contribution in [0.3, 0.4) is 0 Å². The van der Waals surface area contributed by atoms with Crippen molar-refractivity contribution in [1.82, 2.24) is 19.5 Å². The number of aromatic hydroxyl groups is 1. The molecule has 0 fully saturated rings. The van der Waals surface area contributed by atoms with Crippen LogP contribution in [0.25, 0.3) is 4.96 Å². The molecule has 30 heavy (non-hydrogen) atoms. The van der Waals surface area contributed by atoms with Gasteiger partial charge < -0.3 is 9.84 Å². The second kappa shape index (κ2) is 7.74. The Labute approximate surface area is 179 Å². The number of ether oxygens (including phenoxy) is 1. The van der Waals surface area contributed by atoms with E-state index >= 15 is 0 Å². The molecular weight excluding hydrogens is 396 g/mol. The van der Waals surface area contributed by atoms with Gasteiger partial charge in [-0.2, -0.15) is 4.52 Å². The zero-order valence-corrected chi connectivity index (χ0v) is 17.9. The molecule has 7 heteroatoms. The van der Waals surface area contributed by atoms with Crippen LogP contribution in [0, 0.1) is 0 Å². The fourth-order valence-corrected chi connectivity index (χ4v) is 5.31. The van der Waals surface area contributed by atoms with Crippen LogP contribution < -0.4 is 4.74 Å². The van der Waals surface area contributed by atoms with Gasteiger partial charge in [0.05, 0.1) is 18.0 Å². The normalized spacial score (nSPS) is 15.3. The lowest BCUT2D eigenvalue weighted by molar-refractivity contribution is 0.205. The highest BCUT2D eigenvalue weighted by molar-refractivity contribution is 7.17. The largest absolute Gasteiger partial charge is 0.497 e. The van der Waals surface area contributed by atoms with Gasteiger partial charge in [-0.15, -0.1) is 5.10 Å². The van der Waals surface area contributed by atoms with Crippen molar-refractivity contribution in [2.24, 2.45) is 0 Å². The number of thiazole rings is 1. The molecule has 0 saturated heterocycles. The summed E-state index contributed by atoms with van der Waals surface area (Å²) < 4.78 is 6.92. The average molecular weight is 421 g/mol. The van der Waals surface area contributed by atoms with Crippen LogP contribution in [0.1, 0.15) is 40.4 Å². The Bertz CT molecular complexity index is 1180. The Kier molecular flexibility index (Phi) is 4.92. The second-order valence-electron chi connectivity index (χ2n) is 7.53. The maximum Gasteiger partial charge on any atom is 0.230 e. The number of methoxy groups -OCH3 is 1. The quantitative estimate of drug-likeness (QED) is 0.524. The first-order valence-electron chi connectivity index (χ1n) is 10.2. The highest BCUT2D eigenvalue weighted by atomic mass is 32.1. The number of fused-ring (bicyclic) bond motifs is 2. The van der Waals surface area contributed by atoms with Gasteiger partial charge in [-0.05, 0) is 35.2 Å². The predicted octanol–water partition coefficient (Wildman–Crippen LogP) is 4.22. The summed E-state index contributed by atoms with van der Waals surface area (Å²) in [6.45, 7) is 3.77. The summed E-state index contributed by atoms with van der Waals surface area (Å²) >= 11 is 1.51. The Morgan fingerprint density at radius 1 is 1.13 bits per heavy atom. The van der Waals surface area contributed by atoms with E-state index in [4.69, 9.17) is 4.74 Å². The van der Waals surface area contributed by atoms with E-state index in [1.165, 1.54) is 22.5 Å². The number of aryl methyl sites for hydroxylation is 1. The Balaban J connectivity index is 1.60. The van der Waals surface area contributed by atoms with Crippen molar-refractivity contribution >= 4 is 16.3 Å². The van der Waals surface area contributed by atoms with E-state index in [1.807, 2.05) is 19.1 Å². The molecule has 0 amide bonds. The van der Waals surface area contributed by atoms with Crippen LogP contribution in [0.15, 0.2) is 48.5 Å². The van der Waals surface area contributed by atoms with Crippen LogP contribution in [-0.4, -0.2) is 38.3 Å². The Morgan fingerprint density at radius 3 is 2.60 bits per heavy atom. The summed E-state index contributed by atoms with van der Waals surface area (Å²) in [6, 6.07) is 16.6. The van der Waals surface area contributed by atoms with E-state index in [0.29, 0.717) is 0 Å². The van der Waals surface area contributed by atoms with Gasteiger partial charge in [-0.1, -0.05) is 54.7 Å². The first-order chi connectivity index (χ1) is 14.7. The summed E-state index contributed by atoms with van der Waals surface area (Å²) in [5, 5.41) is 15.5. The molecule has 154 valence electrons. The Hall–Kier alpha value is -2.90. The monoisotopic (exact) mass is 420 g/mol. The molecule has 1 aliphatic rings. The summed E-state index contributed by atoms with van der Waals surface area (Å²) in [6.07, 6.45) is 1.73. The van der Waals surface area contributed by atoms with Crippen molar-refractivity contribution in [3.05, 3.63) is 75.9 Å². The minimum absolute atomic E-state index is 0.0807. The number of benzene rings is 2. The van der Waals surface area contributed by atoms with Crippen molar-refractivity contribution < 1.29 is 9.84 Å². The molecule has 1 atom stereocenters. The third-order valence-corrected chi connectivity index (χ3v) is 6.84. The molecule has 0 aliphatic carbocycles. The summed E-state index contributed by atoms with van der Waals surface area (Å²) in [7, 11) is 1.67. The molecule has 6 nitrogen and oxygen atoms in total. The lowest BCUT2D eigenvalue weighted by Crippen LogP contribution is -2.34. The minimum atomic E-state index is -0.0807. The van der Waals surface area contributed by atoms with Gasteiger partial charge in [-0.3, -0.25) is 4.90 Å². The molecule has 2 aromatic carbocycles. The smallest absolute Gasteiger partial charge is 0.230 e. The van der Waals surface area contributed by atoms with Gasteiger partial charge >= 0.3 is 0 Å². The zero-order valence-electron chi connectivity index (χ0n) is 17.1. The van der Waals surface area contributed by atoms with Crippen LogP contribution in [0.2, 0.25) is 0 Å². The van der Waals surface area contributed by atoms with Crippen LogP contribution in [0.5, 0.6) is 11.6 Å². The van der Waals surface area contributed by atoms with E-state index < -0.39 is 0 Å². The lowest BCUT2D eigenvalue weighted by Gasteiger charge is -2.35. The molecule has 4 aromatic rings. The van der Waals surface area contributed by atoms with Crippen LogP contribution in [0.4, 0.5) is 0 Å². The molecule has 0 spiro atoms. The SMILES string of the molecule is CCc1nc2sc([C@@H](c3ccc(OC)cc3)N3CCc4ccccc4C3)c(O)n2n1. The molecule has 0 saturated carbocycles. The standard InChI is InChI=1S/C23H24N4O2S/c1-3-19-24-23-27(25-19)22(28)21(30-23)20(16-8-10-18(29-2)11-9-16)26-13-12-15-6-4-5-7-17(15)14-26/h4-11,20,28H,3,12-14H2,1-2H3/t20-/m1/s1. The number of aromatic nitrogens is 3. The van der Waals surface area contributed by atoms with Gasteiger partial charge in [0.2, 0.25) is 10.8 Å². The van der Waals surface area contributed by atoms with Gasteiger partial charge in [0.25, 0.3) is 0 Å². The lowest BCUT2D eigenvalue weighted by atomic mass is 9.95. The molecule has 1 aliphatic heterocycles. The minimum Gasteiger partial charge on any atom is -0.497 e. The first kappa shape index (κ1) is 19.1. The molecule has 0 bridgehead atoms. The summed E-state index contributed by atoms with van der Waals surface area (Å²) in [4.78, 5) is 8.60. The van der Waals surface area contributed by atoms with Gasteiger partial charge in [0, 0.05) is 19.5 Å². The highest BCUT2D eigenvalue weighted by Gasteiger charge is 2.31. The van der Waals surface area contributed by atoms with Gasteiger partial charge in [0.15, 0.2) is 5.82 Å². The molecule has 3 heterocycles. The van der Waals surface area contributed by atoms with Crippen molar-refractivity contribution in [2.45, 2.75) is 32.4 Å². The molecule has 0 unspecified atom stereocenters. The van der Waals surface area contributed by atoms with Crippen LogP contribution >= 0.6 is 11.3 Å². The molecule has 1 N–H and O–H groups in total. The second-order valence-corrected chi connectivity index (χ2v) is 8.54. The third kappa shape index (κ3) is 3.24. The molecule has 5 rings (SSSR count). The van der Waals surface area contributed by atoms with E-state index in [9.17, 15) is 5.11 Å². The topological polar surface area (TPSA) is 62.9 Å². The number of rotatable bonds is 5. The molecular formula is C23H24N4O2S. The van der Waals surface area contributed by atoms with Gasteiger partial charge in [0.1, 0.15) is 5.75 Å². The van der Waals surface area contributed by atoms with Crippen LogP contribution in [-0.2, 0) is 19.4 Å². The number of nitrogens with zero attached hydrogens (tertiary/aromatic N) is 4. The summed E-state index contributed by atoms with van der Waals surface area (Å²) in [5.74, 6) is 1.75. The van der Waals surface area contributed by atoms with Gasteiger partial charge in [-0.25, -0.2) is 4.98 Å². The maximum atomic E-state index is 11.1. The fraction of sp³-hybridized carbons (Fsp3) is 0.304. The number of hydrogen-bond acceptors (Lipinski definition) is 6. The molecule has 2 aromatic heterocycles. The first-order valence-corrected chi connectivity index (χ1v) is 11.0. The van der Waals surface area contributed by atoms with Crippen molar-refractivity contribution in [1.29, 1.82) is 0 Å². The number of hydrogen-bond donors (Lipinski definition) is 1.